The van der Waals surface area contributed by atoms with Crippen molar-refractivity contribution in [3.63, 3.8) is 0 Å². The molecule has 0 spiro atoms. The maximum Gasteiger partial charge on any atom is 0.315 e. The molecule has 0 amide bonds. The summed E-state index contributed by atoms with van der Waals surface area (Å²) in [6.07, 6.45) is 2.06. The van der Waals surface area contributed by atoms with Crippen molar-refractivity contribution >= 4 is 5.97 Å². The zero-order valence-electron chi connectivity index (χ0n) is 9.95. The maximum absolute atomic E-state index is 13.2. The molecule has 0 bridgehead atoms. The Hall–Kier alpha value is -1.42. The van der Waals surface area contributed by atoms with Crippen LogP contribution in [-0.2, 0) is 10.2 Å². The van der Waals surface area contributed by atoms with E-state index in [1.54, 1.807) is 6.07 Å². The molecule has 1 atom stereocenters. The molecule has 0 aliphatic carbocycles. The number of hydrogen-bond donors (Lipinski definition) is 2. The van der Waals surface area contributed by atoms with Gasteiger partial charge in [0.1, 0.15) is 11.2 Å². The highest BCUT2D eigenvalue weighted by molar-refractivity contribution is 5.81. The number of halogens is 1. The first kappa shape index (κ1) is 13.6. The lowest BCUT2D eigenvalue weighted by Gasteiger charge is -2.28. The third-order valence-corrected chi connectivity index (χ3v) is 3.09. The number of carboxylic acid groups (broad SMARTS) is 1. The molecule has 94 valence electrons. The Labute approximate surface area is 100 Å². The first-order chi connectivity index (χ1) is 8.06. The predicted octanol–water partition coefficient (Wildman–Crippen LogP) is 2.30. The van der Waals surface area contributed by atoms with Gasteiger partial charge in [-0.2, -0.15) is 0 Å². The molecule has 0 saturated carbocycles. The van der Waals surface area contributed by atoms with E-state index in [2.05, 4.69) is 0 Å². The number of benzene rings is 1. The molecule has 4 heteroatoms. The number of rotatable bonds is 6. The van der Waals surface area contributed by atoms with Gasteiger partial charge in [0.15, 0.2) is 0 Å². The SMILES string of the molecule is CCCCC(CN)(C(=O)O)c1cccc(F)c1. The van der Waals surface area contributed by atoms with Crippen molar-refractivity contribution in [2.75, 3.05) is 6.54 Å². The number of carboxylic acids is 1. The minimum absolute atomic E-state index is 0.0220. The molecule has 0 radical (unpaired) electrons. The van der Waals surface area contributed by atoms with Crippen molar-refractivity contribution in [1.82, 2.24) is 0 Å². The van der Waals surface area contributed by atoms with Crippen LogP contribution in [0.4, 0.5) is 4.39 Å². The average molecular weight is 239 g/mol. The molecule has 0 heterocycles. The van der Waals surface area contributed by atoms with E-state index in [0.717, 1.165) is 12.8 Å². The van der Waals surface area contributed by atoms with Crippen LogP contribution < -0.4 is 5.73 Å². The van der Waals surface area contributed by atoms with E-state index in [1.807, 2.05) is 6.92 Å². The summed E-state index contributed by atoms with van der Waals surface area (Å²) < 4.78 is 13.2. The molecule has 1 aromatic rings. The Kier molecular flexibility index (Phi) is 4.63. The van der Waals surface area contributed by atoms with Gasteiger partial charge in [-0.15, -0.1) is 0 Å². The molecule has 0 aromatic heterocycles. The van der Waals surface area contributed by atoms with Crippen LogP contribution >= 0.6 is 0 Å². The number of unbranched alkanes of at least 4 members (excludes halogenated alkanes) is 1. The van der Waals surface area contributed by atoms with Gasteiger partial charge < -0.3 is 10.8 Å². The van der Waals surface area contributed by atoms with E-state index >= 15 is 0 Å². The van der Waals surface area contributed by atoms with Gasteiger partial charge in [-0.3, -0.25) is 4.79 Å². The zero-order valence-corrected chi connectivity index (χ0v) is 9.95. The first-order valence-corrected chi connectivity index (χ1v) is 5.76. The summed E-state index contributed by atoms with van der Waals surface area (Å²) in [6, 6.07) is 5.70. The van der Waals surface area contributed by atoms with Gasteiger partial charge in [-0.05, 0) is 24.1 Å². The van der Waals surface area contributed by atoms with Gasteiger partial charge >= 0.3 is 5.97 Å². The number of hydrogen-bond acceptors (Lipinski definition) is 2. The lowest BCUT2D eigenvalue weighted by atomic mass is 9.76. The summed E-state index contributed by atoms with van der Waals surface area (Å²) in [4.78, 5) is 11.5. The summed E-state index contributed by atoms with van der Waals surface area (Å²) in [5.41, 5.74) is 4.91. The summed E-state index contributed by atoms with van der Waals surface area (Å²) >= 11 is 0. The quantitative estimate of drug-likeness (QED) is 0.800. The van der Waals surface area contributed by atoms with E-state index in [0.29, 0.717) is 12.0 Å². The molecular formula is C13H18FNO2. The van der Waals surface area contributed by atoms with Crippen LogP contribution in [0.25, 0.3) is 0 Å². The van der Waals surface area contributed by atoms with Gasteiger partial charge in [0, 0.05) is 6.54 Å². The van der Waals surface area contributed by atoms with Gasteiger partial charge in [-0.1, -0.05) is 31.9 Å². The zero-order chi connectivity index (χ0) is 12.9. The largest absolute Gasteiger partial charge is 0.481 e. The smallest absolute Gasteiger partial charge is 0.315 e. The van der Waals surface area contributed by atoms with Crippen LogP contribution in [-0.4, -0.2) is 17.6 Å². The van der Waals surface area contributed by atoms with Gasteiger partial charge in [-0.25, -0.2) is 4.39 Å². The lowest BCUT2D eigenvalue weighted by Crippen LogP contribution is -2.43. The Bertz CT molecular complexity index is 395. The molecule has 3 N–H and O–H groups in total. The van der Waals surface area contributed by atoms with Gasteiger partial charge in [0.05, 0.1) is 0 Å². The molecule has 3 nitrogen and oxygen atoms in total. The fourth-order valence-corrected chi connectivity index (χ4v) is 1.95. The Balaban J connectivity index is 3.16. The van der Waals surface area contributed by atoms with Crippen LogP contribution in [0.5, 0.6) is 0 Å². The Morgan fingerprint density at radius 3 is 2.71 bits per heavy atom. The van der Waals surface area contributed by atoms with E-state index in [9.17, 15) is 14.3 Å². The van der Waals surface area contributed by atoms with Crippen molar-refractivity contribution < 1.29 is 14.3 Å². The first-order valence-electron chi connectivity index (χ1n) is 5.76. The minimum Gasteiger partial charge on any atom is -0.481 e. The third-order valence-electron chi connectivity index (χ3n) is 3.09. The van der Waals surface area contributed by atoms with Crippen molar-refractivity contribution in [2.45, 2.75) is 31.6 Å². The summed E-state index contributed by atoms with van der Waals surface area (Å²) in [7, 11) is 0. The van der Waals surface area contributed by atoms with E-state index < -0.39 is 17.2 Å². The average Bonchev–Trinajstić information content (AvgIpc) is 2.30. The molecular weight excluding hydrogens is 221 g/mol. The molecule has 1 rings (SSSR count). The number of carbonyl (C=O) groups is 1. The van der Waals surface area contributed by atoms with Crippen LogP contribution in [0.15, 0.2) is 24.3 Å². The molecule has 0 aliphatic rings. The molecule has 0 aliphatic heterocycles. The molecule has 0 saturated heterocycles. The van der Waals surface area contributed by atoms with E-state index in [-0.39, 0.29) is 6.54 Å². The second kappa shape index (κ2) is 5.77. The molecule has 17 heavy (non-hydrogen) atoms. The highest BCUT2D eigenvalue weighted by atomic mass is 19.1. The molecule has 1 unspecified atom stereocenters. The minimum atomic E-state index is -1.17. The molecule has 1 aromatic carbocycles. The van der Waals surface area contributed by atoms with Gasteiger partial charge in [0.2, 0.25) is 0 Å². The highest BCUT2D eigenvalue weighted by Crippen LogP contribution is 2.30. The van der Waals surface area contributed by atoms with Crippen LogP contribution in [0.3, 0.4) is 0 Å². The fraction of sp³-hybridized carbons (Fsp3) is 0.462. The second-order valence-electron chi connectivity index (χ2n) is 4.21. The monoisotopic (exact) mass is 239 g/mol. The van der Waals surface area contributed by atoms with Gasteiger partial charge in [0.25, 0.3) is 0 Å². The van der Waals surface area contributed by atoms with Crippen molar-refractivity contribution in [2.24, 2.45) is 5.73 Å². The summed E-state index contributed by atoms with van der Waals surface area (Å²) in [5.74, 6) is -1.42. The van der Waals surface area contributed by atoms with E-state index in [1.165, 1.54) is 18.2 Å². The van der Waals surface area contributed by atoms with Crippen molar-refractivity contribution in [1.29, 1.82) is 0 Å². The number of nitrogens with two attached hydrogens (primary N) is 1. The normalized spacial score (nSPS) is 14.3. The highest BCUT2D eigenvalue weighted by Gasteiger charge is 2.38. The number of aliphatic carboxylic acids is 1. The fourth-order valence-electron chi connectivity index (χ4n) is 1.95. The van der Waals surface area contributed by atoms with Crippen LogP contribution in [0.1, 0.15) is 31.7 Å². The topological polar surface area (TPSA) is 63.3 Å². The van der Waals surface area contributed by atoms with Crippen molar-refractivity contribution in [3.8, 4) is 0 Å². The predicted molar refractivity (Wildman–Crippen MR) is 64.3 cm³/mol. The maximum atomic E-state index is 13.2. The standard InChI is InChI=1S/C13H18FNO2/c1-2-3-7-13(9-15,12(16)17)10-5-4-6-11(14)8-10/h4-6,8H,2-3,7,9,15H2,1H3,(H,16,17). The summed E-state index contributed by atoms with van der Waals surface area (Å²) in [6.45, 7) is 1.96. The summed E-state index contributed by atoms with van der Waals surface area (Å²) in [5, 5.41) is 9.39. The van der Waals surface area contributed by atoms with Crippen LogP contribution in [0.2, 0.25) is 0 Å². The van der Waals surface area contributed by atoms with E-state index in [4.69, 9.17) is 5.73 Å². The lowest BCUT2D eigenvalue weighted by molar-refractivity contribution is -0.143. The Morgan fingerprint density at radius 1 is 1.53 bits per heavy atom. The van der Waals surface area contributed by atoms with Crippen LogP contribution in [0, 0.1) is 5.82 Å². The Morgan fingerprint density at radius 2 is 2.24 bits per heavy atom. The third kappa shape index (κ3) is 2.82. The second-order valence-corrected chi connectivity index (χ2v) is 4.21. The molecule has 0 fully saturated rings. The van der Waals surface area contributed by atoms with Crippen molar-refractivity contribution in [3.05, 3.63) is 35.6 Å².